The van der Waals surface area contributed by atoms with Gasteiger partial charge in [0.15, 0.2) is 0 Å². The molecule has 3 heterocycles. The number of fused-ring (bicyclic) bond motifs is 1. The van der Waals surface area contributed by atoms with Crippen LogP contribution in [0.5, 0.6) is 0 Å². The van der Waals surface area contributed by atoms with Crippen molar-refractivity contribution in [1.82, 2.24) is 15.3 Å². The molecule has 3 amide bonds. The van der Waals surface area contributed by atoms with E-state index < -0.39 is 0 Å². The number of aromatic amines is 1. The number of piperidine rings is 1. The number of carbonyl (C=O) groups excluding carboxylic acids is 2. The van der Waals surface area contributed by atoms with E-state index in [9.17, 15) is 9.59 Å². The van der Waals surface area contributed by atoms with Crippen LogP contribution in [-0.2, 0) is 4.79 Å². The highest BCUT2D eigenvalue weighted by atomic mass is 16.2. The van der Waals surface area contributed by atoms with E-state index in [0.29, 0.717) is 22.9 Å². The summed E-state index contributed by atoms with van der Waals surface area (Å²) in [6, 6.07) is 13.1. The Morgan fingerprint density at radius 1 is 1.03 bits per heavy atom. The van der Waals surface area contributed by atoms with Gasteiger partial charge in [-0.3, -0.25) is 4.79 Å². The van der Waals surface area contributed by atoms with Crippen molar-refractivity contribution in [2.75, 3.05) is 29.0 Å². The zero-order valence-electron chi connectivity index (χ0n) is 17.4. The van der Waals surface area contributed by atoms with Crippen LogP contribution in [0.2, 0.25) is 0 Å². The van der Waals surface area contributed by atoms with Gasteiger partial charge in [0.1, 0.15) is 0 Å². The molecule has 3 aromatic rings. The van der Waals surface area contributed by atoms with Crippen molar-refractivity contribution in [2.45, 2.75) is 18.8 Å². The van der Waals surface area contributed by atoms with Gasteiger partial charge in [-0.1, -0.05) is 18.2 Å². The van der Waals surface area contributed by atoms with E-state index in [2.05, 4.69) is 43.4 Å². The highest BCUT2D eigenvalue weighted by Gasteiger charge is 2.24. The van der Waals surface area contributed by atoms with Crippen LogP contribution in [0.25, 0.3) is 11.6 Å². The maximum absolute atomic E-state index is 12.5. The molecule has 0 spiro atoms. The molecule has 8 heteroatoms. The summed E-state index contributed by atoms with van der Waals surface area (Å²) in [6.45, 7) is 2.10. The Labute approximate surface area is 185 Å². The Kier molecular flexibility index (Phi) is 5.43. The first-order chi connectivity index (χ1) is 15.7. The normalized spacial score (nSPS) is 17.1. The van der Waals surface area contributed by atoms with Crippen LogP contribution in [0.15, 0.2) is 55.0 Å². The molecule has 0 aliphatic carbocycles. The SMILES string of the molecule is O=C(Nc1ccc(C2CCNCC2)cc1)Nc1ccc2c(c1)NC(=O)C2=Cc1cnc[nH]1. The molecule has 0 unspecified atom stereocenters. The van der Waals surface area contributed by atoms with Crippen LogP contribution in [0.4, 0.5) is 21.9 Å². The molecule has 1 fully saturated rings. The average Bonchev–Trinajstić information content (AvgIpc) is 3.43. The van der Waals surface area contributed by atoms with E-state index in [4.69, 9.17) is 0 Å². The third-order valence-electron chi connectivity index (χ3n) is 5.86. The zero-order chi connectivity index (χ0) is 21.9. The molecule has 162 valence electrons. The summed E-state index contributed by atoms with van der Waals surface area (Å²) in [5, 5.41) is 11.9. The molecule has 2 aliphatic rings. The van der Waals surface area contributed by atoms with Gasteiger partial charge >= 0.3 is 6.03 Å². The number of imidazole rings is 1. The molecule has 0 radical (unpaired) electrons. The number of hydrogen-bond acceptors (Lipinski definition) is 4. The molecule has 2 aliphatic heterocycles. The van der Waals surface area contributed by atoms with E-state index in [1.807, 2.05) is 18.2 Å². The Balaban J connectivity index is 1.24. The predicted octanol–water partition coefficient (Wildman–Crippen LogP) is 4.01. The van der Waals surface area contributed by atoms with Gasteiger partial charge in [-0.25, -0.2) is 9.78 Å². The first-order valence-electron chi connectivity index (χ1n) is 10.7. The lowest BCUT2D eigenvalue weighted by atomic mass is 9.90. The van der Waals surface area contributed by atoms with E-state index in [-0.39, 0.29) is 11.9 Å². The second-order valence-electron chi connectivity index (χ2n) is 8.00. The van der Waals surface area contributed by atoms with Crippen molar-refractivity contribution in [3.8, 4) is 0 Å². The molecule has 5 N–H and O–H groups in total. The molecule has 0 atom stereocenters. The van der Waals surface area contributed by atoms with Crippen LogP contribution < -0.4 is 21.3 Å². The molecule has 0 bridgehead atoms. The number of carbonyl (C=O) groups is 2. The summed E-state index contributed by atoms with van der Waals surface area (Å²) in [5.74, 6) is 0.387. The first kappa shape index (κ1) is 20.0. The fraction of sp³-hybridized carbons (Fsp3) is 0.208. The highest BCUT2D eigenvalue weighted by molar-refractivity contribution is 6.35. The second kappa shape index (κ2) is 8.68. The highest BCUT2D eigenvalue weighted by Crippen LogP contribution is 2.35. The van der Waals surface area contributed by atoms with Crippen LogP contribution in [-0.4, -0.2) is 35.0 Å². The minimum absolute atomic E-state index is 0.190. The lowest BCUT2D eigenvalue weighted by Gasteiger charge is -2.23. The number of hydrogen-bond donors (Lipinski definition) is 5. The topological polar surface area (TPSA) is 111 Å². The maximum atomic E-state index is 12.5. The van der Waals surface area contributed by atoms with E-state index in [1.165, 1.54) is 5.56 Å². The second-order valence-corrected chi connectivity index (χ2v) is 8.00. The van der Waals surface area contributed by atoms with Gasteiger partial charge in [-0.15, -0.1) is 0 Å². The van der Waals surface area contributed by atoms with E-state index in [0.717, 1.165) is 42.9 Å². The number of anilines is 3. The zero-order valence-corrected chi connectivity index (χ0v) is 17.4. The number of nitrogens with one attached hydrogen (secondary N) is 5. The van der Waals surface area contributed by atoms with Gasteiger partial charge in [-0.2, -0.15) is 0 Å². The summed E-state index contributed by atoms with van der Waals surface area (Å²) in [4.78, 5) is 31.8. The van der Waals surface area contributed by atoms with E-state index in [1.54, 1.807) is 30.7 Å². The molecule has 5 rings (SSSR count). The molecule has 1 aromatic heterocycles. The van der Waals surface area contributed by atoms with Crippen LogP contribution in [0, 0.1) is 0 Å². The van der Waals surface area contributed by atoms with Crippen molar-refractivity contribution >= 4 is 40.6 Å². The van der Waals surface area contributed by atoms with Crippen molar-refractivity contribution in [3.63, 3.8) is 0 Å². The maximum Gasteiger partial charge on any atom is 0.323 e. The lowest BCUT2D eigenvalue weighted by molar-refractivity contribution is -0.110. The summed E-state index contributed by atoms with van der Waals surface area (Å²) in [5.41, 5.74) is 5.37. The summed E-state index contributed by atoms with van der Waals surface area (Å²) >= 11 is 0. The van der Waals surface area contributed by atoms with Crippen molar-refractivity contribution < 1.29 is 9.59 Å². The van der Waals surface area contributed by atoms with Crippen LogP contribution >= 0.6 is 0 Å². The van der Waals surface area contributed by atoms with Gasteiger partial charge in [0.2, 0.25) is 0 Å². The number of H-pyrrole nitrogens is 1. The third-order valence-corrected chi connectivity index (χ3v) is 5.86. The monoisotopic (exact) mass is 428 g/mol. The Bertz CT molecular complexity index is 1160. The summed E-state index contributed by atoms with van der Waals surface area (Å²) in [6.07, 6.45) is 7.24. The smallest absolute Gasteiger partial charge is 0.323 e. The Morgan fingerprint density at radius 3 is 2.53 bits per heavy atom. The van der Waals surface area contributed by atoms with E-state index >= 15 is 0 Å². The fourth-order valence-electron chi connectivity index (χ4n) is 4.20. The van der Waals surface area contributed by atoms with Gasteiger partial charge in [-0.05, 0) is 67.8 Å². The van der Waals surface area contributed by atoms with Crippen molar-refractivity contribution in [2.24, 2.45) is 0 Å². The van der Waals surface area contributed by atoms with Crippen LogP contribution in [0.1, 0.15) is 35.6 Å². The number of amides is 3. The van der Waals surface area contributed by atoms with Gasteiger partial charge < -0.3 is 26.3 Å². The lowest BCUT2D eigenvalue weighted by Crippen LogP contribution is -2.26. The predicted molar refractivity (Wildman–Crippen MR) is 125 cm³/mol. The molecular formula is C24H24N6O2. The van der Waals surface area contributed by atoms with Crippen LogP contribution in [0.3, 0.4) is 0 Å². The quantitative estimate of drug-likeness (QED) is 0.404. The minimum Gasteiger partial charge on any atom is -0.345 e. The Hall–Kier alpha value is -3.91. The third kappa shape index (κ3) is 4.26. The molecule has 1 saturated heterocycles. The fourth-order valence-corrected chi connectivity index (χ4v) is 4.20. The first-order valence-corrected chi connectivity index (χ1v) is 10.7. The van der Waals surface area contributed by atoms with Crippen molar-refractivity contribution in [1.29, 1.82) is 0 Å². The van der Waals surface area contributed by atoms with Gasteiger partial charge in [0.05, 0.1) is 29.5 Å². The molecule has 2 aromatic carbocycles. The van der Waals surface area contributed by atoms with Gasteiger partial charge in [0.25, 0.3) is 5.91 Å². The summed E-state index contributed by atoms with van der Waals surface area (Å²) < 4.78 is 0. The number of benzene rings is 2. The number of aromatic nitrogens is 2. The number of nitrogens with zero attached hydrogens (tertiary/aromatic N) is 1. The molecular weight excluding hydrogens is 404 g/mol. The largest absolute Gasteiger partial charge is 0.345 e. The van der Waals surface area contributed by atoms with Crippen molar-refractivity contribution in [3.05, 3.63) is 71.8 Å². The molecule has 32 heavy (non-hydrogen) atoms. The number of rotatable bonds is 4. The molecule has 0 saturated carbocycles. The number of urea groups is 1. The molecule has 8 nitrogen and oxygen atoms in total. The minimum atomic E-state index is -0.336. The Morgan fingerprint density at radius 2 is 1.78 bits per heavy atom. The standard InChI is InChI=1S/C24H24N6O2/c31-23-21(11-19-13-26-14-27-19)20-6-5-18(12-22(20)30-23)29-24(32)28-17-3-1-15(2-4-17)16-7-9-25-10-8-16/h1-6,11-14,16,25H,7-10H2,(H,26,27)(H,30,31)(H2,28,29,32). The summed E-state index contributed by atoms with van der Waals surface area (Å²) in [7, 11) is 0. The van der Waals surface area contributed by atoms with Gasteiger partial charge in [0, 0.05) is 16.9 Å². The average molecular weight is 428 g/mol.